The Labute approximate surface area is 133 Å². The van der Waals surface area contributed by atoms with Gasteiger partial charge in [-0.3, -0.25) is 0 Å². The van der Waals surface area contributed by atoms with E-state index in [2.05, 4.69) is 13.8 Å². The van der Waals surface area contributed by atoms with E-state index < -0.39 is 0 Å². The van der Waals surface area contributed by atoms with E-state index in [1.54, 1.807) is 0 Å². The van der Waals surface area contributed by atoms with Gasteiger partial charge in [0.2, 0.25) is 0 Å². The summed E-state index contributed by atoms with van der Waals surface area (Å²) in [6.45, 7) is 8.18. The summed E-state index contributed by atoms with van der Waals surface area (Å²) in [6, 6.07) is 0. The van der Waals surface area contributed by atoms with Crippen LogP contribution in [-0.2, 0) is 9.47 Å². The summed E-state index contributed by atoms with van der Waals surface area (Å²) >= 11 is 0. The summed E-state index contributed by atoms with van der Waals surface area (Å²) < 4.78 is 11.1. The molecule has 0 aromatic heterocycles. The van der Waals surface area contributed by atoms with E-state index in [1.807, 2.05) is 0 Å². The van der Waals surface area contributed by atoms with Crippen molar-refractivity contribution < 1.29 is 9.47 Å². The number of rotatable bonds is 15. The number of hydrogen-bond donors (Lipinski definition) is 0. The van der Waals surface area contributed by atoms with Crippen molar-refractivity contribution in [2.75, 3.05) is 26.4 Å². The van der Waals surface area contributed by atoms with Gasteiger partial charge in [-0.25, -0.2) is 0 Å². The molecule has 0 bridgehead atoms. The minimum absolute atomic E-state index is 0.359. The fraction of sp³-hybridized carbons (Fsp3) is 1.00. The molecule has 0 amide bonds. The van der Waals surface area contributed by atoms with Gasteiger partial charge >= 0.3 is 0 Å². The van der Waals surface area contributed by atoms with Crippen LogP contribution in [0, 0.1) is 5.41 Å². The third-order valence-electron chi connectivity index (χ3n) is 4.87. The lowest BCUT2D eigenvalue weighted by Crippen LogP contribution is -2.45. The van der Waals surface area contributed by atoms with Crippen LogP contribution < -0.4 is 0 Å². The summed E-state index contributed by atoms with van der Waals surface area (Å²) in [6.07, 6.45) is 16.6. The van der Waals surface area contributed by atoms with Crippen molar-refractivity contribution >= 4 is 0 Å². The Bertz CT molecular complexity index is 218. The van der Waals surface area contributed by atoms with E-state index in [-0.39, 0.29) is 0 Å². The lowest BCUT2D eigenvalue weighted by Gasteiger charge is -2.40. The first-order chi connectivity index (χ1) is 10.3. The highest BCUT2D eigenvalue weighted by molar-refractivity contribution is 4.83. The molecule has 0 aromatic carbocycles. The molecule has 2 heteroatoms. The summed E-state index contributed by atoms with van der Waals surface area (Å²) in [5.74, 6) is 0. The lowest BCUT2D eigenvalue weighted by molar-refractivity contribution is -0.150. The molecule has 126 valence electrons. The molecular weight excluding hydrogens is 260 g/mol. The minimum Gasteiger partial charge on any atom is -0.381 e. The van der Waals surface area contributed by atoms with E-state index in [0.717, 1.165) is 26.4 Å². The molecule has 1 heterocycles. The highest BCUT2D eigenvalue weighted by Gasteiger charge is 2.36. The highest BCUT2D eigenvalue weighted by Crippen LogP contribution is 2.31. The molecule has 0 aromatic rings. The zero-order valence-corrected chi connectivity index (χ0v) is 14.6. The van der Waals surface area contributed by atoms with E-state index in [0.29, 0.717) is 5.41 Å². The maximum atomic E-state index is 5.83. The van der Waals surface area contributed by atoms with Gasteiger partial charge in [-0.2, -0.15) is 0 Å². The lowest BCUT2D eigenvalue weighted by atomic mass is 9.84. The molecule has 0 spiro atoms. The number of unbranched alkanes of at least 4 members (excludes halogenated alkanes) is 10. The molecule has 0 unspecified atom stereocenters. The second kappa shape index (κ2) is 12.5. The van der Waals surface area contributed by atoms with E-state index in [1.165, 1.54) is 77.0 Å². The van der Waals surface area contributed by atoms with Crippen LogP contribution in [0.5, 0.6) is 0 Å². The van der Waals surface area contributed by atoms with E-state index in [4.69, 9.17) is 9.47 Å². The third-order valence-corrected chi connectivity index (χ3v) is 4.87. The Balaban J connectivity index is 1.73. The fourth-order valence-corrected chi connectivity index (χ4v) is 2.94. The smallest absolute Gasteiger partial charge is 0.0566 e. The molecule has 0 saturated carbocycles. The van der Waals surface area contributed by atoms with Crippen molar-refractivity contribution in [1.29, 1.82) is 0 Å². The van der Waals surface area contributed by atoms with Crippen LogP contribution >= 0.6 is 0 Å². The van der Waals surface area contributed by atoms with Gasteiger partial charge in [-0.15, -0.1) is 0 Å². The van der Waals surface area contributed by atoms with Crippen LogP contribution in [0.4, 0.5) is 0 Å². The first-order valence-electron chi connectivity index (χ1n) is 9.48. The SMILES string of the molecule is CCCCCCCCCCCCCOCC1(CC)COC1. The topological polar surface area (TPSA) is 18.5 Å². The average molecular weight is 299 g/mol. The van der Waals surface area contributed by atoms with Crippen molar-refractivity contribution in [3.05, 3.63) is 0 Å². The predicted molar refractivity (Wildman–Crippen MR) is 90.8 cm³/mol. The van der Waals surface area contributed by atoms with Gasteiger partial charge in [0, 0.05) is 12.0 Å². The Kier molecular flexibility index (Phi) is 11.3. The molecule has 2 nitrogen and oxygen atoms in total. The molecule has 0 aliphatic carbocycles. The molecule has 21 heavy (non-hydrogen) atoms. The maximum Gasteiger partial charge on any atom is 0.0566 e. The van der Waals surface area contributed by atoms with Crippen molar-refractivity contribution in [2.45, 2.75) is 90.9 Å². The summed E-state index contributed by atoms with van der Waals surface area (Å²) in [5, 5.41) is 0. The van der Waals surface area contributed by atoms with E-state index in [9.17, 15) is 0 Å². The van der Waals surface area contributed by atoms with Gasteiger partial charge in [0.1, 0.15) is 0 Å². The first-order valence-corrected chi connectivity index (χ1v) is 9.48. The summed E-state index contributed by atoms with van der Waals surface area (Å²) in [4.78, 5) is 0. The maximum absolute atomic E-state index is 5.83. The summed E-state index contributed by atoms with van der Waals surface area (Å²) in [7, 11) is 0. The standard InChI is InChI=1S/C19H38O2/c1-3-5-6-7-8-9-10-11-12-13-14-15-20-16-19(4-2)17-21-18-19/h3-18H2,1-2H3. The van der Waals surface area contributed by atoms with Crippen molar-refractivity contribution in [3.63, 3.8) is 0 Å². The molecule has 1 fully saturated rings. The van der Waals surface area contributed by atoms with Gasteiger partial charge in [0.25, 0.3) is 0 Å². The van der Waals surface area contributed by atoms with Crippen molar-refractivity contribution in [2.24, 2.45) is 5.41 Å². The Morgan fingerprint density at radius 2 is 1.29 bits per heavy atom. The van der Waals surface area contributed by atoms with Crippen LogP contribution in [0.2, 0.25) is 0 Å². The Morgan fingerprint density at radius 1 is 0.762 bits per heavy atom. The Hall–Kier alpha value is -0.0800. The van der Waals surface area contributed by atoms with Gasteiger partial charge in [-0.05, 0) is 12.8 Å². The molecule has 1 aliphatic heterocycles. The van der Waals surface area contributed by atoms with Crippen molar-refractivity contribution in [3.8, 4) is 0 Å². The number of ether oxygens (including phenoxy) is 2. The molecule has 1 aliphatic rings. The van der Waals surface area contributed by atoms with E-state index >= 15 is 0 Å². The highest BCUT2D eigenvalue weighted by atomic mass is 16.5. The average Bonchev–Trinajstić information content (AvgIpc) is 2.46. The van der Waals surface area contributed by atoms with Crippen molar-refractivity contribution in [1.82, 2.24) is 0 Å². The monoisotopic (exact) mass is 298 g/mol. The van der Waals surface area contributed by atoms with Gasteiger partial charge in [0.05, 0.1) is 19.8 Å². The third kappa shape index (κ3) is 8.83. The van der Waals surface area contributed by atoms with Gasteiger partial charge in [-0.1, -0.05) is 78.1 Å². The molecular formula is C19H38O2. The minimum atomic E-state index is 0.359. The normalized spacial score (nSPS) is 16.9. The molecule has 1 saturated heterocycles. The molecule has 0 N–H and O–H groups in total. The van der Waals surface area contributed by atoms with Gasteiger partial charge < -0.3 is 9.47 Å². The zero-order chi connectivity index (χ0) is 15.2. The predicted octanol–water partition coefficient (Wildman–Crippen LogP) is 5.74. The number of hydrogen-bond acceptors (Lipinski definition) is 2. The van der Waals surface area contributed by atoms with Gasteiger partial charge in [0.15, 0.2) is 0 Å². The zero-order valence-electron chi connectivity index (χ0n) is 14.6. The fourth-order valence-electron chi connectivity index (χ4n) is 2.94. The van der Waals surface area contributed by atoms with Crippen LogP contribution in [0.25, 0.3) is 0 Å². The second-order valence-electron chi connectivity index (χ2n) is 6.93. The molecule has 0 atom stereocenters. The second-order valence-corrected chi connectivity index (χ2v) is 6.93. The Morgan fingerprint density at radius 3 is 1.71 bits per heavy atom. The first kappa shape index (κ1) is 19.0. The quantitative estimate of drug-likeness (QED) is 0.359. The van der Waals surface area contributed by atoms with Crippen LogP contribution in [0.3, 0.4) is 0 Å². The summed E-state index contributed by atoms with van der Waals surface area (Å²) in [5.41, 5.74) is 0.359. The van der Waals surface area contributed by atoms with Crippen LogP contribution in [0.1, 0.15) is 90.9 Å². The molecule has 1 rings (SSSR count). The largest absolute Gasteiger partial charge is 0.381 e. The van der Waals surface area contributed by atoms with Crippen LogP contribution in [-0.4, -0.2) is 26.4 Å². The molecule has 0 radical (unpaired) electrons. The van der Waals surface area contributed by atoms with Crippen LogP contribution in [0.15, 0.2) is 0 Å².